The molecule has 0 aliphatic heterocycles. The average molecular weight is 218 g/mol. The lowest BCUT2D eigenvalue weighted by Gasteiger charge is -2.15. The lowest BCUT2D eigenvalue weighted by molar-refractivity contribution is 0.0788. The largest absolute Gasteiger partial charge is 0.340 e. The van der Waals surface area contributed by atoms with Crippen molar-refractivity contribution in [3.8, 4) is 6.07 Å². The molecule has 16 heavy (non-hydrogen) atoms. The van der Waals surface area contributed by atoms with E-state index in [4.69, 9.17) is 11.0 Å². The summed E-state index contributed by atoms with van der Waals surface area (Å²) in [4.78, 5) is 17.3. The Balaban J connectivity index is 2.69. The van der Waals surface area contributed by atoms with Gasteiger partial charge in [0.2, 0.25) is 0 Å². The van der Waals surface area contributed by atoms with E-state index in [1.54, 1.807) is 24.1 Å². The van der Waals surface area contributed by atoms with Crippen molar-refractivity contribution in [2.75, 3.05) is 20.1 Å². The Kier molecular flexibility index (Phi) is 4.42. The van der Waals surface area contributed by atoms with Crippen LogP contribution in [0.4, 0.5) is 0 Å². The fourth-order valence-corrected chi connectivity index (χ4v) is 1.21. The first-order chi connectivity index (χ1) is 7.69. The van der Waals surface area contributed by atoms with Crippen molar-refractivity contribution < 1.29 is 4.79 Å². The van der Waals surface area contributed by atoms with Crippen LogP contribution in [0.3, 0.4) is 0 Å². The molecule has 0 aromatic carbocycles. The van der Waals surface area contributed by atoms with Gasteiger partial charge in [0.05, 0.1) is 5.56 Å². The summed E-state index contributed by atoms with van der Waals surface area (Å²) >= 11 is 0. The molecule has 1 heterocycles. The summed E-state index contributed by atoms with van der Waals surface area (Å²) in [7, 11) is 1.71. The van der Waals surface area contributed by atoms with E-state index in [0.29, 0.717) is 24.3 Å². The van der Waals surface area contributed by atoms with E-state index in [-0.39, 0.29) is 5.91 Å². The number of carbonyl (C=O) groups is 1. The van der Waals surface area contributed by atoms with E-state index in [1.807, 2.05) is 6.07 Å². The molecule has 1 amide bonds. The van der Waals surface area contributed by atoms with Crippen LogP contribution in [0.2, 0.25) is 0 Å². The highest BCUT2D eigenvalue weighted by Crippen LogP contribution is 2.02. The van der Waals surface area contributed by atoms with Gasteiger partial charge in [0, 0.05) is 19.8 Å². The molecule has 2 N–H and O–H groups in total. The monoisotopic (exact) mass is 218 g/mol. The molecule has 0 unspecified atom stereocenters. The van der Waals surface area contributed by atoms with E-state index >= 15 is 0 Å². The second-order valence-electron chi connectivity index (χ2n) is 3.41. The molecule has 0 aliphatic rings. The molecule has 1 rings (SSSR count). The van der Waals surface area contributed by atoms with Crippen LogP contribution >= 0.6 is 0 Å². The van der Waals surface area contributed by atoms with E-state index in [9.17, 15) is 4.79 Å². The van der Waals surface area contributed by atoms with Crippen LogP contribution in [0.1, 0.15) is 22.5 Å². The molecule has 5 nitrogen and oxygen atoms in total. The van der Waals surface area contributed by atoms with Gasteiger partial charge in [0.25, 0.3) is 5.91 Å². The van der Waals surface area contributed by atoms with Gasteiger partial charge in [-0.15, -0.1) is 0 Å². The van der Waals surface area contributed by atoms with E-state index < -0.39 is 0 Å². The first kappa shape index (κ1) is 12.1. The third-order valence-corrected chi connectivity index (χ3v) is 2.16. The molecule has 0 radical (unpaired) electrons. The van der Waals surface area contributed by atoms with Crippen molar-refractivity contribution in [2.24, 2.45) is 5.73 Å². The molecule has 0 aliphatic carbocycles. The molecule has 84 valence electrons. The number of pyridine rings is 1. The van der Waals surface area contributed by atoms with Crippen LogP contribution in [-0.2, 0) is 0 Å². The summed E-state index contributed by atoms with van der Waals surface area (Å²) in [6, 6.07) is 5.09. The van der Waals surface area contributed by atoms with Gasteiger partial charge >= 0.3 is 0 Å². The van der Waals surface area contributed by atoms with Crippen LogP contribution < -0.4 is 5.73 Å². The highest BCUT2D eigenvalue weighted by Gasteiger charge is 2.11. The van der Waals surface area contributed by atoms with Gasteiger partial charge in [-0.25, -0.2) is 4.98 Å². The van der Waals surface area contributed by atoms with Crippen molar-refractivity contribution in [1.29, 1.82) is 5.26 Å². The summed E-state index contributed by atoms with van der Waals surface area (Å²) in [5.74, 6) is -0.155. The fraction of sp³-hybridized carbons (Fsp3) is 0.364. The number of hydrogen-bond acceptors (Lipinski definition) is 4. The maximum atomic E-state index is 11.8. The molecule has 1 aromatic heterocycles. The van der Waals surface area contributed by atoms with Crippen molar-refractivity contribution in [1.82, 2.24) is 9.88 Å². The van der Waals surface area contributed by atoms with E-state index in [0.717, 1.165) is 6.42 Å². The first-order valence-corrected chi connectivity index (χ1v) is 5.00. The predicted octanol–water partition coefficient (Wildman–Crippen LogP) is 0.374. The summed E-state index contributed by atoms with van der Waals surface area (Å²) in [6.07, 6.45) is 2.16. The average Bonchev–Trinajstić information content (AvgIpc) is 2.35. The molecule has 0 fully saturated rings. The van der Waals surface area contributed by atoms with Crippen LogP contribution in [0.5, 0.6) is 0 Å². The summed E-state index contributed by atoms with van der Waals surface area (Å²) in [5.41, 5.74) is 6.16. The second kappa shape index (κ2) is 5.83. The van der Waals surface area contributed by atoms with Gasteiger partial charge in [-0.1, -0.05) is 0 Å². The van der Waals surface area contributed by atoms with Crippen molar-refractivity contribution in [3.63, 3.8) is 0 Å². The minimum absolute atomic E-state index is 0.155. The number of nitriles is 1. The highest BCUT2D eigenvalue weighted by molar-refractivity contribution is 5.92. The predicted molar refractivity (Wildman–Crippen MR) is 59.6 cm³/mol. The molecule has 5 heteroatoms. The fourth-order valence-electron chi connectivity index (χ4n) is 1.21. The van der Waals surface area contributed by atoms with Crippen LogP contribution in [0, 0.1) is 11.3 Å². The summed E-state index contributed by atoms with van der Waals surface area (Å²) in [6.45, 7) is 1.16. The Hall–Kier alpha value is -1.93. The minimum Gasteiger partial charge on any atom is -0.340 e. The standard InChI is InChI=1S/C11H14N4O/c1-15(6-2-5-12)11(16)10-4-3-9(7-13)8-14-10/h3-4,8H,2,5-6,12H2,1H3. The first-order valence-electron chi connectivity index (χ1n) is 5.00. The Morgan fingerprint density at radius 2 is 2.38 bits per heavy atom. The van der Waals surface area contributed by atoms with Gasteiger partial charge in [-0.2, -0.15) is 5.26 Å². The number of nitrogens with two attached hydrogens (primary N) is 1. The zero-order chi connectivity index (χ0) is 12.0. The SMILES string of the molecule is CN(CCCN)C(=O)c1ccc(C#N)cn1. The van der Waals surface area contributed by atoms with E-state index in [1.165, 1.54) is 6.20 Å². The quantitative estimate of drug-likeness (QED) is 0.791. The molecule has 0 bridgehead atoms. The third-order valence-electron chi connectivity index (χ3n) is 2.16. The van der Waals surface area contributed by atoms with Crippen LogP contribution in [-0.4, -0.2) is 35.9 Å². The normalized spacial score (nSPS) is 9.56. The van der Waals surface area contributed by atoms with Crippen molar-refractivity contribution in [3.05, 3.63) is 29.6 Å². The number of aromatic nitrogens is 1. The number of carbonyl (C=O) groups excluding carboxylic acids is 1. The van der Waals surface area contributed by atoms with Gasteiger partial charge in [0.15, 0.2) is 0 Å². The maximum Gasteiger partial charge on any atom is 0.272 e. The van der Waals surface area contributed by atoms with Gasteiger partial charge in [-0.3, -0.25) is 4.79 Å². The lowest BCUT2D eigenvalue weighted by Crippen LogP contribution is -2.29. The third kappa shape index (κ3) is 3.04. The molecule has 0 saturated heterocycles. The maximum absolute atomic E-state index is 11.8. The topological polar surface area (TPSA) is 83.0 Å². The number of rotatable bonds is 4. The molecular weight excluding hydrogens is 204 g/mol. The number of hydrogen-bond donors (Lipinski definition) is 1. The Morgan fingerprint density at radius 3 is 2.88 bits per heavy atom. The molecular formula is C11H14N4O. The van der Waals surface area contributed by atoms with E-state index in [2.05, 4.69) is 4.98 Å². The van der Waals surface area contributed by atoms with Crippen molar-refractivity contribution >= 4 is 5.91 Å². The zero-order valence-corrected chi connectivity index (χ0v) is 9.18. The highest BCUT2D eigenvalue weighted by atomic mass is 16.2. The van der Waals surface area contributed by atoms with Gasteiger partial charge in [-0.05, 0) is 25.1 Å². The molecule has 0 atom stereocenters. The Morgan fingerprint density at radius 1 is 1.62 bits per heavy atom. The number of amides is 1. The number of nitrogens with zero attached hydrogens (tertiary/aromatic N) is 3. The summed E-state index contributed by atoms with van der Waals surface area (Å²) < 4.78 is 0. The van der Waals surface area contributed by atoms with Crippen molar-refractivity contribution in [2.45, 2.75) is 6.42 Å². The molecule has 0 spiro atoms. The van der Waals surface area contributed by atoms with Gasteiger partial charge in [0.1, 0.15) is 11.8 Å². The Bertz CT molecular complexity index is 393. The minimum atomic E-state index is -0.155. The Labute approximate surface area is 94.5 Å². The van der Waals surface area contributed by atoms with Crippen LogP contribution in [0.15, 0.2) is 18.3 Å². The van der Waals surface area contributed by atoms with Crippen LogP contribution in [0.25, 0.3) is 0 Å². The smallest absolute Gasteiger partial charge is 0.272 e. The van der Waals surface area contributed by atoms with Gasteiger partial charge < -0.3 is 10.6 Å². The summed E-state index contributed by atoms with van der Waals surface area (Å²) in [5, 5.41) is 8.59. The lowest BCUT2D eigenvalue weighted by atomic mass is 10.2. The zero-order valence-electron chi connectivity index (χ0n) is 9.18. The second-order valence-corrected chi connectivity index (χ2v) is 3.41. The molecule has 0 saturated carbocycles. The molecule has 1 aromatic rings.